The Morgan fingerprint density at radius 3 is 2.80 bits per heavy atom. The van der Waals surface area contributed by atoms with E-state index in [1.54, 1.807) is 11.4 Å². The summed E-state index contributed by atoms with van der Waals surface area (Å²) in [5.74, 6) is -1.99. The fourth-order valence-corrected chi connectivity index (χ4v) is 2.99. The molecule has 134 valence electrons. The molecular weight excluding hydrogens is 348 g/mol. The van der Waals surface area contributed by atoms with E-state index in [0.29, 0.717) is 10.2 Å². The number of rotatable bonds is 7. The van der Waals surface area contributed by atoms with E-state index < -0.39 is 17.9 Å². The van der Waals surface area contributed by atoms with Crippen molar-refractivity contribution in [3.05, 3.63) is 28.1 Å². The highest BCUT2D eigenvalue weighted by atomic mass is 32.1. The molecule has 2 rings (SSSR count). The number of hydrogen-bond donors (Lipinski definition) is 2. The quantitative estimate of drug-likeness (QED) is 0.705. The number of carbonyl (C=O) groups is 3. The standard InChI is InChI=1S/C15H18N4O5S/c1-9(15(23)24)19(5-4-16-10(2)20)12(21)7-18-8-17-13-11(14(18)22)3-6-25-13/h3,6,8-9H,4-5,7H2,1-2H3,(H,16,20)(H,23,24). The van der Waals surface area contributed by atoms with E-state index in [1.165, 1.54) is 31.5 Å². The first-order valence-corrected chi connectivity index (χ1v) is 8.38. The molecule has 0 aromatic carbocycles. The Morgan fingerprint density at radius 2 is 2.16 bits per heavy atom. The van der Waals surface area contributed by atoms with Crippen molar-refractivity contribution in [2.75, 3.05) is 13.1 Å². The molecule has 0 aliphatic carbocycles. The lowest BCUT2D eigenvalue weighted by Gasteiger charge is -2.26. The number of carboxylic acids is 1. The number of nitrogens with one attached hydrogen (secondary N) is 1. The van der Waals surface area contributed by atoms with Crippen LogP contribution in [-0.2, 0) is 20.9 Å². The van der Waals surface area contributed by atoms with Crippen LogP contribution in [0.4, 0.5) is 0 Å². The summed E-state index contributed by atoms with van der Waals surface area (Å²) in [6.45, 7) is 2.52. The Hall–Kier alpha value is -2.75. The van der Waals surface area contributed by atoms with Gasteiger partial charge in [0.25, 0.3) is 5.56 Å². The van der Waals surface area contributed by atoms with Crippen molar-refractivity contribution in [3.63, 3.8) is 0 Å². The van der Waals surface area contributed by atoms with Gasteiger partial charge in [-0.2, -0.15) is 0 Å². The number of nitrogens with zero attached hydrogens (tertiary/aromatic N) is 3. The predicted molar refractivity (Wildman–Crippen MR) is 91.4 cm³/mol. The molecule has 0 spiro atoms. The summed E-state index contributed by atoms with van der Waals surface area (Å²) >= 11 is 1.32. The molecule has 1 atom stereocenters. The van der Waals surface area contributed by atoms with E-state index in [-0.39, 0.29) is 31.1 Å². The number of aromatic nitrogens is 2. The number of amides is 2. The SMILES string of the molecule is CC(=O)NCCN(C(=O)Cn1cnc2sccc2c1=O)C(C)C(=O)O. The zero-order valence-electron chi connectivity index (χ0n) is 13.8. The average molecular weight is 366 g/mol. The largest absolute Gasteiger partial charge is 0.480 e. The maximum absolute atomic E-state index is 12.5. The van der Waals surface area contributed by atoms with Crippen LogP contribution in [-0.4, -0.2) is 56.5 Å². The van der Waals surface area contributed by atoms with Crippen molar-refractivity contribution in [2.24, 2.45) is 0 Å². The maximum atomic E-state index is 12.5. The second kappa shape index (κ2) is 7.88. The van der Waals surface area contributed by atoms with Crippen LogP contribution in [0.25, 0.3) is 10.2 Å². The van der Waals surface area contributed by atoms with Crippen molar-refractivity contribution in [2.45, 2.75) is 26.4 Å². The van der Waals surface area contributed by atoms with E-state index in [0.717, 1.165) is 9.47 Å². The van der Waals surface area contributed by atoms with Gasteiger partial charge in [-0.25, -0.2) is 9.78 Å². The summed E-state index contributed by atoms with van der Waals surface area (Å²) in [6, 6.07) is 0.542. The Balaban J connectivity index is 2.19. The lowest BCUT2D eigenvalue weighted by Crippen LogP contribution is -2.48. The molecule has 0 saturated heterocycles. The van der Waals surface area contributed by atoms with Gasteiger partial charge in [-0.15, -0.1) is 11.3 Å². The molecular formula is C15H18N4O5S. The second-order valence-electron chi connectivity index (χ2n) is 5.40. The van der Waals surface area contributed by atoms with Gasteiger partial charge >= 0.3 is 5.97 Å². The van der Waals surface area contributed by atoms with Crippen molar-refractivity contribution in [1.29, 1.82) is 0 Å². The summed E-state index contributed by atoms with van der Waals surface area (Å²) in [7, 11) is 0. The van der Waals surface area contributed by atoms with Gasteiger partial charge in [0, 0.05) is 20.0 Å². The Kier molecular flexibility index (Phi) is 5.86. The van der Waals surface area contributed by atoms with Gasteiger partial charge in [0.1, 0.15) is 17.4 Å². The zero-order valence-corrected chi connectivity index (χ0v) is 14.6. The highest BCUT2D eigenvalue weighted by Gasteiger charge is 2.25. The zero-order chi connectivity index (χ0) is 18.6. The van der Waals surface area contributed by atoms with E-state index in [4.69, 9.17) is 0 Å². The van der Waals surface area contributed by atoms with Crippen molar-refractivity contribution in [1.82, 2.24) is 19.8 Å². The van der Waals surface area contributed by atoms with Crippen molar-refractivity contribution >= 4 is 39.3 Å². The van der Waals surface area contributed by atoms with Gasteiger partial charge in [-0.3, -0.25) is 19.0 Å². The van der Waals surface area contributed by atoms with Crippen LogP contribution < -0.4 is 10.9 Å². The summed E-state index contributed by atoms with van der Waals surface area (Å²) < 4.78 is 1.15. The summed E-state index contributed by atoms with van der Waals surface area (Å²) in [5, 5.41) is 13.8. The summed E-state index contributed by atoms with van der Waals surface area (Å²) in [5.41, 5.74) is -0.357. The number of thiophene rings is 1. The van der Waals surface area contributed by atoms with E-state index >= 15 is 0 Å². The molecule has 0 saturated carbocycles. The molecule has 25 heavy (non-hydrogen) atoms. The highest BCUT2D eigenvalue weighted by molar-refractivity contribution is 7.16. The molecule has 1 unspecified atom stereocenters. The first kappa shape index (κ1) is 18.6. The predicted octanol–water partition coefficient (Wildman–Crippen LogP) is -0.104. The first-order valence-electron chi connectivity index (χ1n) is 7.50. The highest BCUT2D eigenvalue weighted by Crippen LogP contribution is 2.13. The summed E-state index contributed by atoms with van der Waals surface area (Å²) in [4.78, 5) is 52.9. The van der Waals surface area contributed by atoms with Crippen LogP contribution in [0.3, 0.4) is 0 Å². The number of aliphatic carboxylic acids is 1. The first-order chi connectivity index (χ1) is 11.8. The molecule has 2 amide bonds. The van der Waals surface area contributed by atoms with Crippen LogP contribution in [0.5, 0.6) is 0 Å². The van der Waals surface area contributed by atoms with Crippen molar-refractivity contribution < 1.29 is 19.5 Å². The van der Waals surface area contributed by atoms with Crippen LogP contribution in [0.15, 0.2) is 22.6 Å². The topological polar surface area (TPSA) is 122 Å². The van der Waals surface area contributed by atoms with E-state index in [1.807, 2.05) is 0 Å². The molecule has 0 fully saturated rings. The van der Waals surface area contributed by atoms with Crippen LogP contribution in [0.1, 0.15) is 13.8 Å². The van der Waals surface area contributed by atoms with Crippen LogP contribution in [0.2, 0.25) is 0 Å². The number of carboxylic acid groups (broad SMARTS) is 1. The fraction of sp³-hybridized carbons (Fsp3) is 0.400. The minimum absolute atomic E-state index is 0.0226. The molecule has 2 N–H and O–H groups in total. The monoisotopic (exact) mass is 366 g/mol. The molecule has 0 aliphatic rings. The molecule has 0 bridgehead atoms. The summed E-state index contributed by atoms with van der Waals surface area (Å²) in [6.07, 6.45) is 1.27. The van der Waals surface area contributed by atoms with Gasteiger partial charge < -0.3 is 15.3 Å². The Bertz CT molecular complexity index is 859. The molecule has 2 heterocycles. The normalized spacial score (nSPS) is 11.9. The lowest BCUT2D eigenvalue weighted by molar-refractivity contribution is -0.149. The minimum Gasteiger partial charge on any atom is -0.480 e. The third kappa shape index (κ3) is 4.41. The lowest BCUT2D eigenvalue weighted by atomic mass is 10.2. The minimum atomic E-state index is -1.17. The van der Waals surface area contributed by atoms with Gasteiger partial charge in [-0.05, 0) is 18.4 Å². The van der Waals surface area contributed by atoms with Gasteiger partial charge in [-0.1, -0.05) is 0 Å². The third-order valence-electron chi connectivity index (χ3n) is 3.63. The number of carbonyl (C=O) groups excluding carboxylic acids is 2. The molecule has 0 aliphatic heterocycles. The van der Waals surface area contributed by atoms with Crippen LogP contribution >= 0.6 is 11.3 Å². The van der Waals surface area contributed by atoms with Gasteiger partial charge in [0.15, 0.2) is 0 Å². The molecule has 2 aromatic heterocycles. The smallest absolute Gasteiger partial charge is 0.326 e. The Labute approximate surface area is 146 Å². The van der Waals surface area contributed by atoms with E-state index in [2.05, 4.69) is 10.3 Å². The second-order valence-corrected chi connectivity index (χ2v) is 6.30. The van der Waals surface area contributed by atoms with Gasteiger partial charge in [0.2, 0.25) is 11.8 Å². The number of hydrogen-bond acceptors (Lipinski definition) is 6. The van der Waals surface area contributed by atoms with Crippen LogP contribution in [0, 0.1) is 0 Å². The molecule has 10 heteroatoms. The van der Waals surface area contributed by atoms with Crippen molar-refractivity contribution in [3.8, 4) is 0 Å². The Morgan fingerprint density at radius 1 is 1.44 bits per heavy atom. The molecule has 2 aromatic rings. The average Bonchev–Trinajstić information content (AvgIpc) is 3.02. The molecule has 0 radical (unpaired) electrons. The maximum Gasteiger partial charge on any atom is 0.326 e. The van der Waals surface area contributed by atoms with Gasteiger partial charge in [0.05, 0.1) is 11.7 Å². The fourth-order valence-electron chi connectivity index (χ4n) is 2.26. The number of fused-ring (bicyclic) bond motifs is 1. The molecule has 9 nitrogen and oxygen atoms in total. The third-order valence-corrected chi connectivity index (χ3v) is 4.45. The van der Waals surface area contributed by atoms with E-state index in [9.17, 15) is 24.3 Å².